The molecular formula is C13H28N2O2. The van der Waals surface area contributed by atoms with E-state index in [-0.39, 0.29) is 23.3 Å². The minimum atomic E-state index is -0.442. The molecule has 4 N–H and O–H groups in total. The Balaban J connectivity index is 4.15. The van der Waals surface area contributed by atoms with Gasteiger partial charge in [0, 0.05) is 6.54 Å². The van der Waals surface area contributed by atoms with Gasteiger partial charge < -0.3 is 16.2 Å². The lowest BCUT2D eigenvalue weighted by Gasteiger charge is -2.27. The molecule has 0 aromatic carbocycles. The Morgan fingerprint density at radius 1 is 1.41 bits per heavy atom. The van der Waals surface area contributed by atoms with Gasteiger partial charge in [0.15, 0.2) is 0 Å². The Morgan fingerprint density at radius 3 is 2.35 bits per heavy atom. The van der Waals surface area contributed by atoms with Gasteiger partial charge in [-0.2, -0.15) is 0 Å². The largest absolute Gasteiger partial charge is 0.393 e. The predicted molar refractivity (Wildman–Crippen MR) is 70.5 cm³/mol. The number of hydrogen-bond donors (Lipinski definition) is 3. The highest BCUT2D eigenvalue weighted by molar-refractivity contribution is 5.81. The van der Waals surface area contributed by atoms with E-state index in [9.17, 15) is 9.90 Å². The molecule has 0 radical (unpaired) electrons. The van der Waals surface area contributed by atoms with Crippen LogP contribution < -0.4 is 11.1 Å². The molecule has 17 heavy (non-hydrogen) atoms. The van der Waals surface area contributed by atoms with E-state index in [1.807, 2.05) is 27.7 Å². The number of rotatable bonds is 7. The summed E-state index contributed by atoms with van der Waals surface area (Å²) in [6, 6.07) is -0.442. The van der Waals surface area contributed by atoms with E-state index in [1.165, 1.54) is 0 Å². The maximum Gasteiger partial charge on any atom is 0.237 e. The zero-order chi connectivity index (χ0) is 13.6. The van der Waals surface area contributed by atoms with Crippen molar-refractivity contribution in [1.82, 2.24) is 5.32 Å². The van der Waals surface area contributed by atoms with Gasteiger partial charge >= 0.3 is 0 Å². The van der Waals surface area contributed by atoms with Gasteiger partial charge in [-0.1, -0.05) is 34.1 Å². The molecule has 0 aromatic heterocycles. The Hall–Kier alpha value is -0.610. The fraction of sp³-hybridized carbons (Fsp3) is 0.923. The Kier molecular flexibility index (Phi) is 6.72. The molecule has 1 amide bonds. The van der Waals surface area contributed by atoms with E-state index >= 15 is 0 Å². The monoisotopic (exact) mass is 244 g/mol. The number of aliphatic hydroxyl groups excluding tert-OH is 1. The predicted octanol–water partition coefficient (Wildman–Crippen LogP) is 1.27. The number of nitrogens with one attached hydrogen (secondary N) is 1. The van der Waals surface area contributed by atoms with Gasteiger partial charge in [-0.25, -0.2) is 0 Å². The molecule has 3 unspecified atom stereocenters. The quantitative estimate of drug-likeness (QED) is 0.631. The first-order valence-corrected chi connectivity index (χ1v) is 6.41. The molecule has 4 nitrogen and oxygen atoms in total. The molecule has 0 aliphatic rings. The number of carbonyl (C=O) groups is 1. The van der Waals surface area contributed by atoms with Gasteiger partial charge in [0.25, 0.3) is 0 Å². The maximum atomic E-state index is 11.8. The topological polar surface area (TPSA) is 75.4 Å². The van der Waals surface area contributed by atoms with Crippen LogP contribution in [-0.4, -0.2) is 29.7 Å². The van der Waals surface area contributed by atoms with Gasteiger partial charge in [-0.05, 0) is 24.7 Å². The fourth-order valence-corrected chi connectivity index (χ4v) is 1.83. The molecule has 0 aliphatic heterocycles. The first kappa shape index (κ1) is 16.4. The van der Waals surface area contributed by atoms with Gasteiger partial charge in [-0.3, -0.25) is 4.79 Å². The van der Waals surface area contributed by atoms with E-state index < -0.39 is 6.04 Å². The third-order valence-corrected chi connectivity index (χ3v) is 3.15. The summed E-state index contributed by atoms with van der Waals surface area (Å²) in [4.78, 5) is 11.8. The zero-order valence-corrected chi connectivity index (χ0v) is 11.8. The van der Waals surface area contributed by atoms with Crippen LogP contribution in [-0.2, 0) is 4.79 Å². The fourth-order valence-electron chi connectivity index (χ4n) is 1.83. The van der Waals surface area contributed by atoms with Crippen molar-refractivity contribution in [3.05, 3.63) is 0 Å². The second kappa shape index (κ2) is 6.97. The molecule has 102 valence electrons. The summed E-state index contributed by atoms with van der Waals surface area (Å²) in [6.45, 7) is 10.3. The van der Waals surface area contributed by atoms with Crippen molar-refractivity contribution in [2.45, 2.75) is 59.6 Å². The van der Waals surface area contributed by atoms with Crippen molar-refractivity contribution in [2.24, 2.45) is 17.1 Å². The molecule has 0 aromatic rings. The van der Waals surface area contributed by atoms with Crippen LogP contribution in [0, 0.1) is 11.3 Å². The van der Waals surface area contributed by atoms with Gasteiger partial charge in [0.05, 0.1) is 12.1 Å². The molecule has 0 rings (SSSR count). The maximum absolute atomic E-state index is 11.8. The number of aliphatic hydroxyl groups is 1. The van der Waals surface area contributed by atoms with Crippen LogP contribution in [0.25, 0.3) is 0 Å². The third-order valence-electron chi connectivity index (χ3n) is 3.15. The van der Waals surface area contributed by atoms with E-state index in [4.69, 9.17) is 5.73 Å². The standard InChI is InChI=1S/C13H28N2O2/c1-6-9(2)11(14)12(17)15-8-13(4,5)7-10(3)16/h9-11,16H,6-8,14H2,1-5H3,(H,15,17). The molecule has 3 atom stereocenters. The molecule has 0 heterocycles. The van der Waals surface area contributed by atoms with E-state index in [0.29, 0.717) is 13.0 Å². The third kappa shape index (κ3) is 6.64. The van der Waals surface area contributed by atoms with Gasteiger partial charge in [-0.15, -0.1) is 0 Å². The summed E-state index contributed by atoms with van der Waals surface area (Å²) < 4.78 is 0. The average molecular weight is 244 g/mol. The minimum Gasteiger partial charge on any atom is -0.393 e. The SMILES string of the molecule is CCC(C)C(N)C(=O)NCC(C)(C)CC(C)O. The van der Waals surface area contributed by atoms with Gasteiger partial charge in [0.2, 0.25) is 5.91 Å². The van der Waals surface area contributed by atoms with Crippen molar-refractivity contribution in [1.29, 1.82) is 0 Å². The summed E-state index contributed by atoms with van der Waals surface area (Å²) in [5, 5.41) is 12.2. The molecule has 0 saturated heterocycles. The Bertz CT molecular complexity index is 240. The lowest BCUT2D eigenvalue weighted by molar-refractivity contribution is -0.124. The van der Waals surface area contributed by atoms with Crippen LogP contribution in [0.2, 0.25) is 0 Å². The van der Waals surface area contributed by atoms with E-state index in [1.54, 1.807) is 6.92 Å². The summed E-state index contributed by atoms with van der Waals surface area (Å²) in [7, 11) is 0. The highest BCUT2D eigenvalue weighted by Gasteiger charge is 2.24. The summed E-state index contributed by atoms with van der Waals surface area (Å²) in [6.07, 6.45) is 1.20. The highest BCUT2D eigenvalue weighted by atomic mass is 16.3. The first-order chi connectivity index (χ1) is 7.69. The smallest absolute Gasteiger partial charge is 0.237 e. The number of hydrogen-bond acceptors (Lipinski definition) is 3. The molecule has 4 heteroatoms. The Morgan fingerprint density at radius 2 is 1.94 bits per heavy atom. The number of amides is 1. The lowest BCUT2D eigenvalue weighted by Crippen LogP contribution is -2.47. The van der Waals surface area contributed by atoms with Crippen LogP contribution in [0.3, 0.4) is 0 Å². The van der Waals surface area contributed by atoms with E-state index in [2.05, 4.69) is 5.32 Å². The highest BCUT2D eigenvalue weighted by Crippen LogP contribution is 2.21. The molecule has 0 fully saturated rings. The van der Waals surface area contributed by atoms with Crippen molar-refractivity contribution < 1.29 is 9.90 Å². The molecular weight excluding hydrogens is 216 g/mol. The van der Waals surface area contributed by atoms with Crippen molar-refractivity contribution in [3.8, 4) is 0 Å². The average Bonchev–Trinajstić information content (AvgIpc) is 2.22. The number of carbonyl (C=O) groups excluding carboxylic acids is 1. The summed E-state index contributed by atoms with van der Waals surface area (Å²) >= 11 is 0. The minimum absolute atomic E-state index is 0.0991. The second-order valence-electron chi connectivity index (χ2n) is 5.85. The zero-order valence-electron chi connectivity index (χ0n) is 11.8. The number of nitrogens with two attached hydrogens (primary N) is 1. The summed E-state index contributed by atoms with van der Waals surface area (Å²) in [5.41, 5.74) is 5.73. The lowest BCUT2D eigenvalue weighted by atomic mass is 9.86. The molecule has 0 saturated carbocycles. The van der Waals surface area contributed by atoms with Crippen LogP contribution in [0.1, 0.15) is 47.5 Å². The first-order valence-electron chi connectivity index (χ1n) is 6.41. The second-order valence-corrected chi connectivity index (χ2v) is 5.85. The molecule has 0 aliphatic carbocycles. The van der Waals surface area contributed by atoms with Crippen LogP contribution >= 0.6 is 0 Å². The van der Waals surface area contributed by atoms with Crippen molar-refractivity contribution >= 4 is 5.91 Å². The van der Waals surface area contributed by atoms with Crippen LogP contribution in [0.15, 0.2) is 0 Å². The van der Waals surface area contributed by atoms with Crippen molar-refractivity contribution in [2.75, 3.05) is 6.54 Å². The Labute approximate surface area is 105 Å². The van der Waals surface area contributed by atoms with E-state index in [0.717, 1.165) is 6.42 Å². The van der Waals surface area contributed by atoms with Crippen molar-refractivity contribution in [3.63, 3.8) is 0 Å². The van der Waals surface area contributed by atoms with Crippen LogP contribution in [0.5, 0.6) is 0 Å². The normalized spacial score (nSPS) is 17.4. The summed E-state index contributed by atoms with van der Waals surface area (Å²) in [5.74, 6) is 0.0906. The van der Waals surface area contributed by atoms with Crippen LogP contribution in [0.4, 0.5) is 0 Å². The molecule has 0 spiro atoms. The van der Waals surface area contributed by atoms with Gasteiger partial charge in [0.1, 0.15) is 0 Å². The molecule has 0 bridgehead atoms.